The molecule has 0 spiro atoms. The summed E-state index contributed by atoms with van der Waals surface area (Å²) in [5.74, 6) is 0.427. The molecular weight excluding hydrogens is 456 g/mol. The number of halogens is 1. The van der Waals surface area contributed by atoms with Crippen LogP contribution in [0, 0.1) is 12.8 Å². The molecule has 2 aromatic carbocycles. The molecule has 29 heavy (non-hydrogen) atoms. The highest BCUT2D eigenvalue weighted by molar-refractivity contribution is 9.10. The highest BCUT2D eigenvalue weighted by Crippen LogP contribution is 2.22. The van der Waals surface area contributed by atoms with Crippen LogP contribution < -0.4 is 14.8 Å². The Morgan fingerprint density at radius 2 is 1.86 bits per heavy atom. The first kappa shape index (κ1) is 23.4. The number of amides is 1. The van der Waals surface area contributed by atoms with E-state index < -0.39 is 10.0 Å². The second-order valence-corrected chi connectivity index (χ2v) is 9.99. The molecule has 158 valence electrons. The summed E-state index contributed by atoms with van der Waals surface area (Å²) in [4.78, 5) is 12.4. The molecule has 8 heteroatoms. The average Bonchev–Trinajstić information content (AvgIpc) is 2.65. The zero-order valence-electron chi connectivity index (χ0n) is 17.0. The van der Waals surface area contributed by atoms with Crippen LogP contribution in [0.1, 0.15) is 37.9 Å². The smallest absolute Gasteiger partial charge is 0.258 e. The molecule has 6 nitrogen and oxygen atoms in total. The standard InChI is InChI=1S/C21H27BrN2O4S/c1-14(2)12-23-29(26,27)19-8-9-20(15(3)10-19)28-13-21(25)24-16(4)17-6-5-7-18(22)11-17/h5-11,14,16,23H,12-13H2,1-4H3,(H,24,25). The Labute approximate surface area is 181 Å². The maximum atomic E-state index is 12.3. The number of carbonyl (C=O) groups excluding carboxylic acids is 1. The second kappa shape index (κ2) is 10.2. The van der Waals surface area contributed by atoms with E-state index in [1.165, 1.54) is 6.07 Å². The van der Waals surface area contributed by atoms with Gasteiger partial charge in [0.2, 0.25) is 10.0 Å². The monoisotopic (exact) mass is 482 g/mol. The van der Waals surface area contributed by atoms with Crippen LogP contribution in [0.2, 0.25) is 0 Å². The quantitative estimate of drug-likeness (QED) is 0.566. The van der Waals surface area contributed by atoms with Crippen molar-refractivity contribution >= 4 is 31.9 Å². The number of hydrogen-bond acceptors (Lipinski definition) is 4. The van der Waals surface area contributed by atoms with Crippen molar-refractivity contribution in [1.82, 2.24) is 10.0 Å². The first-order valence-corrected chi connectivity index (χ1v) is 11.6. The Kier molecular flexibility index (Phi) is 8.24. The van der Waals surface area contributed by atoms with Crippen LogP contribution in [0.4, 0.5) is 0 Å². The third-order valence-corrected chi connectivity index (χ3v) is 6.14. The van der Waals surface area contributed by atoms with E-state index in [-0.39, 0.29) is 29.4 Å². The molecule has 0 radical (unpaired) electrons. The SMILES string of the molecule is Cc1cc(S(=O)(=O)NCC(C)C)ccc1OCC(=O)NC(C)c1cccc(Br)c1. The number of aryl methyl sites for hydroxylation is 1. The number of carbonyl (C=O) groups is 1. The summed E-state index contributed by atoms with van der Waals surface area (Å²) in [5.41, 5.74) is 1.62. The minimum Gasteiger partial charge on any atom is -0.484 e. The van der Waals surface area contributed by atoms with Crippen molar-refractivity contribution < 1.29 is 17.9 Å². The molecule has 2 N–H and O–H groups in total. The highest BCUT2D eigenvalue weighted by atomic mass is 79.9. The van der Waals surface area contributed by atoms with Gasteiger partial charge in [-0.2, -0.15) is 0 Å². The molecule has 2 aromatic rings. The summed E-state index contributed by atoms with van der Waals surface area (Å²) in [5, 5.41) is 2.89. The molecule has 0 heterocycles. The van der Waals surface area contributed by atoms with E-state index in [1.54, 1.807) is 19.1 Å². The van der Waals surface area contributed by atoms with Crippen molar-refractivity contribution in [3.63, 3.8) is 0 Å². The highest BCUT2D eigenvalue weighted by Gasteiger charge is 2.16. The van der Waals surface area contributed by atoms with Crippen molar-refractivity contribution in [2.24, 2.45) is 5.92 Å². The molecule has 0 bridgehead atoms. The van der Waals surface area contributed by atoms with Crippen molar-refractivity contribution in [2.75, 3.05) is 13.2 Å². The lowest BCUT2D eigenvalue weighted by atomic mass is 10.1. The number of hydrogen-bond donors (Lipinski definition) is 2. The van der Waals surface area contributed by atoms with Crippen LogP contribution in [0.5, 0.6) is 5.75 Å². The predicted molar refractivity (Wildman–Crippen MR) is 117 cm³/mol. The molecule has 0 saturated carbocycles. The van der Waals surface area contributed by atoms with E-state index in [0.717, 1.165) is 10.0 Å². The Bertz CT molecular complexity index is 961. The van der Waals surface area contributed by atoms with Crippen LogP contribution in [0.3, 0.4) is 0 Å². The minimum atomic E-state index is -3.56. The molecule has 0 aliphatic rings. The topological polar surface area (TPSA) is 84.5 Å². The number of sulfonamides is 1. The van der Waals surface area contributed by atoms with Crippen molar-refractivity contribution in [1.29, 1.82) is 0 Å². The fourth-order valence-electron chi connectivity index (χ4n) is 2.60. The van der Waals surface area contributed by atoms with E-state index in [2.05, 4.69) is 26.0 Å². The van der Waals surface area contributed by atoms with Gasteiger partial charge in [0, 0.05) is 11.0 Å². The third kappa shape index (κ3) is 7.13. The second-order valence-electron chi connectivity index (χ2n) is 7.31. The first-order valence-electron chi connectivity index (χ1n) is 9.36. The Morgan fingerprint density at radius 3 is 2.48 bits per heavy atom. The van der Waals surface area contributed by atoms with Crippen LogP contribution in [0.25, 0.3) is 0 Å². The maximum Gasteiger partial charge on any atom is 0.258 e. The summed E-state index contributed by atoms with van der Waals surface area (Å²) in [6, 6.07) is 12.1. The Balaban J connectivity index is 1.96. The molecule has 0 fully saturated rings. The van der Waals surface area contributed by atoms with Gasteiger partial charge >= 0.3 is 0 Å². The number of rotatable bonds is 9. The van der Waals surface area contributed by atoms with Crippen LogP contribution in [0.15, 0.2) is 51.8 Å². The van der Waals surface area contributed by atoms with Gasteiger partial charge in [0.25, 0.3) is 5.91 Å². The largest absolute Gasteiger partial charge is 0.484 e. The molecule has 0 aliphatic heterocycles. The van der Waals surface area contributed by atoms with Gasteiger partial charge in [0.1, 0.15) is 5.75 Å². The zero-order chi connectivity index (χ0) is 21.6. The average molecular weight is 483 g/mol. The zero-order valence-corrected chi connectivity index (χ0v) is 19.4. The number of nitrogens with one attached hydrogen (secondary N) is 2. The van der Waals surface area contributed by atoms with E-state index >= 15 is 0 Å². The first-order chi connectivity index (χ1) is 13.6. The number of ether oxygens (including phenoxy) is 1. The summed E-state index contributed by atoms with van der Waals surface area (Å²) in [6.45, 7) is 7.74. The summed E-state index contributed by atoms with van der Waals surface area (Å²) < 4.78 is 33.8. The van der Waals surface area contributed by atoms with E-state index in [0.29, 0.717) is 17.9 Å². The lowest BCUT2D eigenvalue weighted by molar-refractivity contribution is -0.123. The van der Waals surface area contributed by atoms with Gasteiger partial charge < -0.3 is 10.1 Å². The van der Waals surface area contributed by atoms with Crippen LogP contribution in [-0.2, 0) is 14.8 Å². The van der Waals surface area contributed by atoms with Crippen LogP contribution in [-0.4, -0.2) is 27.5 Å². The Morgan fingerprint density at radius 1 is 1.14 bits per heavy atom. The minimum absolute atomic E-state index is 0.156. The van der Waals surface area contributed by atoms with Crippen molar-refractivity contribution in [3.05, 3.63) is 58.1 Å². The molecule has 0 saturated heterocycles. The van der Waals surface area contributed by atoms with Gasteiger partial charge in [-0.05, 0) is 61.2 Å². The van der Waals surface area contributed by atoms with Gasteiger partial charge in [0.05, 0.1) is 10.9 Å². The van der Waals surface area contributed by atoms with E-state index in [1.807, 2.05) is 45.0 Å². The molecule has 0 aliphatic carbocycles. The molecular formula is C21H27BrN2O4S. The molecule has 1 atom stereocenters. The normalized spacial score (nSPS) is 12.6. The Hall–Kier alpha value is -1.90. The maximum absolute atomic E-state index is 12.3. The number of benzene rings is 2. The lowest BCUT2D eigenvalue weighted by Gasteiger charge is -2.16. The summed E-state index contributed by atoms with van der Waals surface area (Å²) in [6.07, 6.45) is 0. The van der Waals surface area contributed by atoms with Gasteiger partial charge in [-0.3, -0.25) is 4.79 Å². The predicted octanol–water partition coefficient (Wildman–Crippen LogP) is 3.95. The van der Waals surface area contributed by atoms with Gasteiger partial charge in [-0.25, -0.2) is 13.1 Å². The van der Waals surface area contributed by atoms with Gasteiger partial charge in [0.15, 0.2) is 6.61 Å². The van der Waals surface area contributed by atoms with Crippen LogP contribution >= 0.6 is 15.9 Å². The van der Waals surface area contributed by atoms with Crippen molar-refractivity contribution in [2.45, 2.75) is 38.6 Å². The molecule has 0 aromatic heterocycles. The lowest BCUT2D eigenvalue weighted by Crippen LogP contribution is -2.31. The summed E-state index contributed by atoms with van der Waals surface area (Å²) in [7, 11) is -3.56. The molecule has 2 rings (SSSR count). The van der Waals surface area contributed by atoms with Gasteiger partial charge in [-0.15, -0.1) is 0 Å². The van der Waals surface area contributed by atoms with E-state index in [4.69, 9.17) is 4.74 Å². The fourth-order valence-corrected chi connectivity index (χ4v) is 4.31. The van der Waals surface area contributed by atoms with E-state index in [9.17, 15) is 13.2 Å². The fraction of sp³-hybridized carbons (Fsp3) is 0.381. The van der Waals surface area contributed by atoms with Crippen molar-refractivity contribution in [3.8, 4) is 5.75 Å². The summed E-state index contributed by atoms with van der Waals surface area (Å²) >= 11 is 3.42. The van der Waals surface area contributed by atoms with Gasteiger partial charge in [-0.1, -0.05) is 41.9 Å². The molecule has 1 amide bonds. The third-order valence-electron chi connectivity index (χ3n) is 4.22. The molecule has 1 unspecified atom stereocenters.